The number of nitrogens with zero attached hydrogens (tertiary/aromatic N) is 1. The number of piperidine rings is 1. The lowest BCUT2D eigenvalue weighted by Gasteiger charge is -2.30. The van der Waals surface area contributed by atoms with Crippen LogP contribution >= 0.6 is 0 Å². The Hall–Kier alpha value is -2.57. The smallest absolute Gasteiger partial charge is 0.319 e. The van der Waals surface area contributed by atoms with Crippen molar-refractivity contribution in [1.29, 1.82) is 0 Å². The van der Waals surface area contributed by atoms with Gasteiger partial charge < -0.3 is 20.6 Å². The summed E-state index contributed by atoms with van der Waals surface area (Å²) in [4.78, 5) is 36.4. The number of aliphatic carboxylic acids is 1. The number of carbonyl (C=O) groups excluding carboxylic acids is 2. The molecule has 1 aromatic rings. The molecule has 7 nitrogen and oxygen atoms in total. The van der Waals surface area contributed by atoms with Crippen molar-refractivity contribution in [2.45, 2.75) is 32.6 Å². The van der Waals surface area contributed by atoms with Crippen molar-refractivity contribution in [3.63, 3.8) is 0 Å². The largest absolute Gasteiger partial charge is 0.481 e. The van der Waals surface area contributed by atoms with E-state index in [0.29, 0.717) is 30.1 Å². The van der Waals surface area contributed by atoms with Gasteiger partial charge in [-0.25, -0.2) is 4.79 Å². The van der Waals surface area contributed by atoms with Gasteiger partial charge in [-0.05, 0) is 49.4 Å². The maximum absolute atomic E-state index is 12.4. The Morgan fingerprint density at radius 3 is 2.40 bits per heavy atom. The number of carbonyl (C=O) groups is 3. The van der Waals surface area contributed by atoms with E-state index in [2.05, 4.69) is 17.6 Å². The average Bonchev–Trinajstić information content (AvgIpc) is 2.59. The van der Waals surface area contributed by atoms with Crippen LogP contribution in [0, 0.1) is 5.92 Å². The standard InChI is InChI=1S/C18H25N3O4/c1-13-8-11-21(12-9-13)17(24)14-4-6-15(7-5-14)20-18(25)19-10-2-3-16(22)23/h4-7,13H,2-3,8-12H2,1H3,(H,22,23)(H2,19,20,25). The average molecular weight is 347 g/mol. The Kier molecular flexibility index (Phi) is 6.80. The molecule has 2 rings (SSSR count). The van der Waals surface area contributed by atoms with Crippen LogP contribution in [-0.4, -0.2) is 47.5 Å². The van der Waals surface area contributed by atoms with Crippen molar-refractivity contribution >= 4 is 23.6 Å². The Labute approximate surface area is 147 Å². The molecule has 3 N–H and O–H groups in total. The van der Waals surface area contributed by atoms with Crippen molar-refractivity contribution in [3.05, 3.63) is 29.8 Å². The molecule has 0 bridgehead atoms. The molecule has 25 heavy (non-hydrogen) atoms. The molecule has 136 valence electrons. The zero-order valence-electron chi connectivity index (χ0n) is 14.5. The lowest BCUT2D eigenvalue weighted by Crippen LogP contribution is -2.37. The molecular formula is C18H25N3O4. The maximum Gasteiger partial charge on any atom is 0.319 e. The predicted molar refractivity (Wildman–Crippen MR) is 94.6 cm³/mol. The molecule has 0 spiro atoms. The van der Waals surface area contributed by atoms with Gasteiger partial charge in [0.05, 0.1) is 0 Å². The fraction of sp³-hybridized carbons (Fsp3) is 0.500. The highest BCUT2D eigenvalue weighted by Gasteiger charge is 2.21. The topological polar surface area (TPSA) is 98.7 Å². The molecular weight excluding hydrogens is 322 g/mol. The first kappa shape index (κ1) is 18.8. The number of carboxylic acid groups (broad SMARTS) is 1. The van der Waals surface area contributed by atoms with Crippen LogP contribution in [0.2, 0.25) is 0 Å². The first-order valence-electron chi connectivity index (χ1n) is 8.61. The molecule has 0 radical (unpaired) electrons. The molecule has 0 aliphatic carbocycles. The number of carboxylic acids is 1. The zero-order valence-corrected chi connectivity index (χ0v) is 14.5. The molecule has 1 fully saturated rings. The Morgan fingerprint density at radius 1 is 1.16 bits per heavy atom. The van der Waals surface area contributed by atoms with E-state index < -0.39 is 12.0 Å². The highest BCUT2D eigenvalue weighted by Crippen LogP contribution is 2.19. The molecule has 1 aromatic carbocycles. The quantitative estimate of drug-likeness (QED) is 0.689. The lowest BCUT2D eigenvalue weighted by atomic mass is 9.98. The van der Waals surface area contributed by atoms with Gasteiger partial charge in [0.1, 0.15) is 0 Å². The van der Waals surface area contributed by atoms with Gasteiger partial charge in [0, 0.05) is 37.3 Å². The SMILES string of the molecule is CC1CCN(C(=O)c2ccc(NC(=O)NCCCC(=O)O)cc2)CC1. The number of hydrogen-bond donors (Lipinski definition) is 3. The van der Waals surface area contributed by atoms with E-state index in [4.69, 9.17) is 5.11 Å². The third-order valence-electron chi connectivity index (χ3n) is 4.31. The molecule has 1 aliphatic rings. The second-order valence-corrected chi connectivity index (χ2v) is 6.43. The van der Waals surface area contributed by atoms with Gasteiger partial charge in [0.25, 0.3) is 5.91 Å². The molecule has 0 aromatic heterocycles. The Balaban J connectivity index is 1.80. The summed E-state index contributed by atoms with van der Waals surface area (Å²) >= 11 is 0. The van der Waals surface area contributed by atoms with Crippen LogP contribution in [0.4, 0.5) is 10.5 Å². The predicted octanol–water partition coefficient (Wildman–Crippen LogP) is 2.55. The maximum atomic E-state index is 12.4. The van der Waals surface area contributed by atoms with Crippen LogP contribution < -0.4 is 10.6 Å². The first-order valence-corrected chi connectivity index (χ1v) is 8.61. The second kappa shape index (κ2) is 9.05. The zero-order chi connectivity index (χ0) is 18.2. The first-order chi connectivity index (χ1) is 12.0. The van der Waals surface area contributed by atoms with E-state index in [1.165, 1.54) is 0 Å². The summed E-state index contributed by atoms with van der Waals surface area (Å²) in [6.45, 7) is 4.08. The van der Waals surface area contributed by atoms with Gasteiger partial charge in [-0.3, -0.25) is 9.59 Å². The van der Waals surface area contributed by atoms with Gasteiger partial charge in [0.15, 0.2) is 0 Å². The van der Waals surface area contributed by atoms with Crippen molar-refractivity contribution in [2.24, 2.45) is 5.92 Å². The molecule has 1 aliphatic heterocycles. The fourth-order valence-electron chi connectivity index (χ4n) is 2.71. The highest BCUT2D eigenvalue weighted by molar-refractivity contribution is 5.95. The second-order valence-electron chi connectivity index (χ2n) is 6.43. The number of rotatable bonds is 6. The number of likely N-dealkylation sites (tertiary alicyclic amines) is 1. The molecule has 0 atom stereocenters. The number of hydrogen-bond acceptors (Lipinski definition) is 3. The van der Waals surface area contributed by atoms with Crippen LogP contribution in [0.25, 0.3) is 0 Å². The fourth-order valence-corrected chi connectivity index (χ4v) is 2.71. The third-order valence-corrected chi connectivity index (χ3v) is 4.31. The summed E-state index contributed by atoms with van der Waals surface area (Å²) in [6, 6.07) is 6.41. The van der Waals surface area contributed by atoms with Crippen LogP contribution in [0.3, 0.4) is 0 Å². The summed E-state index contributed by atoms with van der Waals surface area (Å²) in [6.07, 6.45) is 2.47. The van der Waals surface area contributed by atoms with Crippen LogP contribution in [0.5, 0.6) is 0 Å². The molecule has 0 saturated carbocycles. The number of anilines is 1. The Bertz CT molecular complexity index is 607. The molecule has 3 amide bonds. The normalized spacial score (nSPS) is 14.8. The highest BCUT2D eigenvalue weighted by atomic mass is 16.4. The van der Waals surface area contributed by atoms with Gasteiger partial charge in [-0.1, -0.05) is 6.92 Å². The monoisotopic (exact) mass is 347 g/mol. The van der Waals surface area contributed by atoms with Gasteiger partial charge in [-0.15, -0.1) is 0 Å². The molecule has 1 heterocycles. The summed E-state index contributed by atoms with van der Waals surface area (Å²) in [7, 11) is 0. The number of nitrogens with one attached hydrogen (secondary N) is 2. The number of amides is 3. The van der Waals surface area contributed by atoms with E-state index >= 15 is 0 Å². The van der Waals surface area contributed by atoms with Crippen LogP contribution in [-0.2, 0) is 4.79 Å². The number of benzene rings is 1. The van der Waals surface area contributed by atoms with E-state index in [0.717, 1.165) is 25.9 Å². The number of urea groups is 1. The van der Waals surface area contributed by atoms with E-state index in [1.54, 1.807) is 24.3 Å². The minimum atomic E-state index is -0.884. The van der Waals surface area contributed by atoms with Crippen molar-refractivity contribution in [2.75, 3.05) is 25.0 Å². The van der Waals surface area contributed by atoms with Crippen LogP contribution in [0.1, 0.15) is 43.0 Å². The molecule has 1 saturated heterocycles. The van der Waals surface area contributed by atoms with Crippen molar-refractivity contribution in [3.8, 4) is 0 Å². The summed E-state index contributed by atoms with van der Waals surface area (Å²) in [5.41, 5.74) is 1.20. The summed E-state index contributed by atoms with van der Waals surface area (Å²) in [5.74, 6) is -0.188. The van der Waals surface area contributed by atoms with Gasteiger partial charge >= 0.3 is 12.0 Å². The minimum Gasteiger partial charge on any atom is -0.481 e. The summed E-state index contributed by atoms with van der Waals surface area (Å²) < 4.78 is 0. The van der Waals surface area contributed by atoms with Crippen LogP contribution in [0.15, 0.2) is 24.3 Å². The lowest BCUT2D eigenvalue weighted by molar-refractivity contribution is -0.137. The van der Waals surface area contributed by atoms with Gasteiger partial charge in [0.2, 0.25) is 0 Å². The van der Waals surface area contributed by atoms with E-state index in [1.807, 2.05) is 4.90 Å². The molecule has 0 unspecified atom stereocenters. The molecule has 7 heteroatoms. The minimum absolute atomic E-state index is 0.0202. The van der Waals surface area contributed by atoms with Gasteiger partial charge in [-0.2, -0.15) is 0 Å². The van der Waals surface area contributed by atoms with Crippen molar-refractivity contribution < 1.29 is 19.5 Å². The van der Waals surface area contributed by atoms with E-state index in [9.17, 15) is 14.4 Å². The third kappa shape index (κ3) is 6.10. The van der Waals surface area contributed by atoms with E-state index in [-0.39, 0.29) is 12.3 Å². The van der Waals surface area contributed by atoms with Crippen molar-refractivity contribution in [1.82, 2.24) is 10.2 Å². The summed E-state index contributed by atoms with van der Waals surface area (Å²) in [5, 5.41) is 13.8. The Morgan fingerprint density at radius 2 is 1.80 bits per heavy atom.